The van der Waals surface area contributed by atoms with E-state index >= 15 is 0 Å². The molecule has 2 aromatic carbocycles. The van der Waals surface area contributed by atoms with E-state index in [1.165, 1.54) is 6.07 Å². The number of hydrogen-bond acceptors (Lipinski definition) is 2. The zero-order valence-electron chi connectivity index (χ0n) is 13.5. The Morgan fingerprint density at radius 2 is 1.96 bits per heavy atom. The number of aryl methyl sites for hydroxylation is 1. The third-order valence-corrected chi connectivity index (χ3v) is 4.82. The number of rotatable bonds is 1. The normalized spacial score (nSPS) is 17.2. The average Bonchev–Trinajstić information content (AvgIpc) is 2.85. The molecule has 3 nitrogen and oxygen atoms in total. The van der Waals surface area contributed by atoms with Crippen LogP contribution in [-0.4, -0.2) is 21.5 Å². The Balaban J connectivity index is 2.02. The Labute approximate surface area is 145 Å². The fraction of sp³-hybridized carbons (Fsp3) is 0.211. The summed E-state index contributed by atoms with van der Waals surface area (Å²) in [5.41, 5.74) is 3.72. The monoisotopic (exact) mass is 341 g/mol. The molecule has 122 valence electrons. The zero-order chi connectivity index (χ0) is 16.8. The molecule has 0 radical (unpaired) electrons. The first-order valence-corrected chi connectivity index (χ1v) is 8.22. The third kappa shape index (κ3) is 2.34. The highest BCUT2D eigenvalue weighted by Crippen LogP contribution is 2.38. The summed E-state index contributed by atoms with van der Waals surface area (Å²) >= 11 is 6.27. The molecule has 1 aromatic heterocycles. The molecule has 1 aliphatic rings. The second kappa shape index (κ2) is 5.72. The fourth-order valence-electron chi connectivity index (χ4n) is 3.57. The molecule has 0 spiro atoms. The summed E-state index contributed by atoms with van der Waals surface area (Å²) < 4.78 is 16.7. The van der Waals surface area contributed by atoms with Crippen LogP contribution in [0.25, 0.3) is 5.69 Å². The van der Waals surface area contributed by atoms with E-state index < -0.39 is 0 Å². The van der Waals surface area contributed by atoms with Gasteiger partial charge in [-0.25, -0.2) is 9.37 Å². The van der Waals surface area contributed by atoms with Crippen molar-refractivity contribution in [2.45, 2.75) is 19.5 Å². The van der Waals surface area contributed by atoms with Gasteiger partial charge in [0, 0.05) is 17.1 Å². The van der Waals surface area contributed by atoms with Crippen molar-refractivity contribution >= 4 is 11.6 Å². The molecule has 0 bridgehead atoms. The quantitative estimate of drug-likeness (QED) is 0.649. The lowest BCUT2D eigenvalue weighted by molar-refractivity contribution is 0.267. The molecule has 0 saturated carbocycles. The Hall–Kier alpha value is -2.17. The first-order chi connectivity index (χ1) is 11.6. The van der Waals surface area contributed by atoms with Crippen molar-refractivity contribution in [1.29, 1.82) is 0 Å². The molecule has 24 heavy (non-hydrogen) atoms. The lowest BCUT2D eigenvalue weighted by Crippen LogP contribution is -2.25. The van der Waals surface area contributed by atoms with Gasteiger partial charge in [0.15, 0.2) is 0 Å². The largest absolute Gasteiger partial charge is 0.299 e. The predicted octanol–water partition coefficient (Wildman–Crippen LogP) is 4.51. The Bertz CT molecular complexity index is 919. The van der Waals surface area contributed by atoms with Crippen LogP contribution in [0.1, 0.15) is 28.7 Å². The number of halogens is 2. The standard InChI is InChI=1S/C19H17ClFN3/c1-12-22-10-14-11-23(2)19(15-5-3-4-6-17(15)21)16-9-13(20)7-8-18(16)24(12)14/h3-10,19H,11H2,1-2H3. The van der Waals surface area contributed by atoms with Crippen LogP contribution in [0.3, 0.4) is 0 Å². The summed E-state index contributed by atoms with van der Waals surface area (Å²) in [6.07, 6.45) is 1.88. The van der Waals surface area contributed by atoms with E-state index in [-0.39, 0.29) is 11.9 Å². The smallest absolute Gasteiger partial charge is 0.128 e. The summed E-state index contributed by atoms with van der Waals surface area (Å²) in [4.78, 5) is 6.57. The van der Waals surface area contributed by atoms with Crippen molar-refractivity contribution in [3.63, 3.8) is 0 Å². The third-order valence-electron chi connectivity index (χ3n) is 4.59. The van der Waals surface area contributed by atoms with Crippen molar-refractivity contribution in [3.8, 4) is 5.69 Å². The molecule has 0 N–H and O–H groups in total. The Kier molecular flexibility index (Phi) is 3.66. The number of nitrogens with zero attached hydrogens (tertiary/aromatic N) is 3. The van der Waals surface area contributed by atoms with Gasteiger partial charge in [-0.15, -0.1) is 0 Å². The van der Waals surface area contributed by atoms with Crippen molar-refractivity contribution in [2.24, 2.45) is 0 Å². The van der Waals surface area contributed by atoms with Gasteiger partial charge in [0.2, 0.25) is 0 Å². The number of hydrogen-bond donors (Lipinski definition) is 0. The van der Waals surface area contributed by atoms with Gasteiger partial charge in [-0.05, 0) is 43.8 Å². The molecule has 0 saturated heterocycles. The summed E-state index contributed by atoms with van der Waals surface area (Å²) in [5.74, 6) is 0.706. The van der Waals surface area contributed by atoms with E-state index in [9.17, 15) is 4.39 Å². The maximum absolute atomic E-state index is 14.5. The van der Waals surface area contributed by atoms with E-state index in [0.717, 1.165) is 22.8 Å². The molecule has 3 aromatic rings. The second-order valence-corrected chi connectivity index (χ2v) is 6.61. The van der Waals surface area contributed by atoms with Crippen LogP contribution < -0.4 is 0 Å². The highest BCUT2D eigenvalue weighted by molar-refractivity contribution is 6.30. The molecule has 5 heteroatoms. The maximum Gasteiger partial charge on any atom is 0.128 e. The van der Waals surface area contributed by atoms with Gasteiger partial charge in [0.25, 0.3) is 0 Å². The highest BCUT2D eigenvalue weighted by atomic mass is 35.5. The summed E-state index contributed by atoms with van der Waals surface area (Å²) in [6.45, 7) is 2.65. The van der Waals surface area contributed by atoms with Crippen LogP contribution in [0.5, 0.6) is 0 Å². The van der Waals surface area contributed by atoms with Crippen LogP contribution in [0.2, 0.25) is 5.02 Å². The average molecular weight is 342 g/mol. The highest BCUT2D eigenvalue weighted by Gasteiger charge is 2.30. The molecule has 1 unspecified atom stereocenters. The molecule has 2 heterocycles. The Morgan fingerprint density at radius 1 is 1.17 bits per heavy atom. The predicted molar refractivity (Wildman–Crippen MR) is 93.0 cm³/mol. The molecule has 1 aliphatic heterocycles. The van der Waals surface area contributed by atoms with Gasteiger partial charge in [-0.1, -0.05) is 29.8 Å². The van der Waals surface area contributed by atoms with E-state index in [4.69, 9.17) is 11.6 Å². The van der Waals surface area contributed by atoms with E-state index in [1.807, 2.05) is 50.5 Å². The molecule has 1 atom stereocenters. The van der Waals surface area contributed by atoms with Crippen molar-refractivity contribution < 1.29 is 4.39 Å². The molecule has 0 fully saturated rings. The topological polar surface area (TPSA) is 21.1 Å². The fourth-order valence-corrected chi connectivity index (χ4v) is 3.75. The lowest BCUT2D eigenvalue weighted by atomic mass is 9.95. The van der Waals surface area contributed by atoms with Crippen LogP contribution in [0, 0.1) is 12.7 Å². The second-order valence-electron chi connectivity index (χ2n) is 6.17. The molecular weight excluding hydrogens is 325 g/mol. The molecule has 4 rings (SSSR count). The van der Waals surface area contributed by atoms with Gasteiger partial charge in [0.1, 0.15) is 11.6 Å². The van der Waals surface area contributed by atoms with Crippen LogP contribution >= 0.6 is 11.6 Å². The van der Waals surface area contributed by atoms with E-state index in [1.54, 1.807) is 6.07 Å². The number of benzene rings is 2. The molecule has 0 amide bonds. The number of fused-ring (bicyclic) bond motifs is 3. The SMILES string of the molecule is Cc1ncc2n1-c1ccc(Cl)cc1C(c1ccccc1F)N(C)C2. The van der Waals surface area contributed by atoms with E-state index in [0.29, 0.717) is 17.1 Å². The zero-order valence-corrected chi connectivity index (χ0v) is 14.3. The summed E-state index contributed by atoms with van der Waals surface area (Å²) in [5, 5.41) is 0.643. The van der Waals surface area contributed by atoms with Crippen LogP contribution in [0.15, 0.2) is 48.7 Å². The van der Waals surface area contributed by atoms with Gasteiger partial charge in [-0.2, -0.15) is 0 Å². The maximum atomic E-state index is 14.5. The van der Waals surface area contributed by atoms with Gasteiger partial charge in [0.05, 0.1) is 23.6 Å². The lowest BCUT2D eigenvalue weighted by Gasteiger charge is -2.27. The minimum absolute atomic E-state index is 0.207. The van der Waals surface area contributed by atoms with Crippen molar-refractivity contribution in [3.05, 3.63) is 82.1 Å². The van der Waals surface area contributed by atoms with Gasteiger partial charge >= 0.3 is 0 Å². The Morgan fingerprint density at radius 3 is 2.75 bits per heavy atom. The minimum atomic E-state index is -0.209. The van der Waals surface area contributed by atoms with Crippen LogP contribution in [-0.2, 0) is 6.54 Å². The molecule has 0 aliphatic carbocycles. The van der Waals surface area contributed by atoms with Gasteiger partial charge < -0.3 is 0 Å². The van der Waals surface area contributed by atoms with E-state index in [2.05, 4.69) is 14.5 Å². The first-order valence-electron chi connectivity index (χ1n) is 7.84. The number of aromatic nitrogens is 2. The summed E-state index contributed by atoms with van der Waals surface area (Å²) in [7, 11) is 2.00. The van der Waals surface area contributed by atoms with Crippen LogP contribution in [0.4, 0.5) is 4.39 Å². The number of imidazole rings is 1. The van der Waals surface area contributed by atoms with Crippen molar-refractivity contribution in [1.82, 2.24) is 14.5 Å². The minimum Gasteiger partial charge on any atom is -0.299 e. The molecular formula is C19H17ClFN3. The summed E-state index contributed by atoms with van der Waals surface area (Å²) in [6, 6.07) is 12.5. The van der Waals surface area contributed by atoms with Gasteiger partial charge in [-0.3, -0.25) is 9.47 Å². The van der Waals surface area contributed by atoms with Crippen molar-refractivity contribution in [2.75, 3.05) is 7.05 Å². The first kappa shape index (κ1) is 15.4.